The Hall–Kier alpha value is -0.410. The lowest BCUT2D eigenvalue weighted by Crippen LogP contribution is -2.36. The first-order chi connectivity index (χ1) is 9.65. The number of hydrogen-bond acceptors (Lipinski definition) is 2. The third-order valence-electron chi connectivity index (χ3n) is 4.08. The summed E-state index contributed by atoms with van der Waals surface area (Å²) >= 11 is 3.53. The van der Waals surface area contributed by atoms with Gasteiger partial charge >= 0.3 is 0 Å². The minimum Gasteiger partial charge on any atom is -0.316 e. The Morgan fingerprint density at radius 3 is 2.60 bits per heavy atom. The van der Waals surface area contributed by atoms with Crippen molar-refractivity contribution in [3.63, 3.8) is 0 Å². The SMILES string of the molecule is CCCCC(CC)(CNCCC)Cc1cncc(Br)c1. The van der Waals surface area contributed by atoms with E-state index in [-0.39, 0.29) is 0 Å². The zero-order chi connectivity index (χ0) is 14.8. The summed E-state index contributed by atoms with van der Waals surface area (Å²) in [4.78, 5) is 4.31. The molecule has 0 bridgehead atoms. The van der Waals surface area contributed by atoms with E-state index in [9.17, 15) is 0 Å². The van der Waals surface area contributed by atoms with Crippen molar-refractivity contribution in [3.05, 3.63) is 28.5 Å². The second-order valence-corrected chi connectivity index (χ2v) is 6.74. The Kier molecular flexibility index (Phi) is 8.39. The molecule has 1 aromatic heterocycles. The van der Waals surface area contributed by atoms with Gasteiger partial charge in [0.25, 0.3) is 0 Å². The molecular weight excluding hydrogens is 312 g/mol. The quantitative estimate of drug-likeness (QED) is 0.608. The molecular formula is C17H29BrN2. The van der Waals surface area contributed by atoms with Crippen LogP contribution in [0.15, 0.2) is 22.9 Å². The standard InChI is InChI=1S/C17H29BrN2/c1-4-7-8-17(6-3,14-19-9-5-2)11-15-10-16(18)13-20-12-15/h10,12-13,19H,4-9,11,14H2,1-3H3. The smallest absolute Gasteiger partial charge is 0.0410 e. The van der Waals surface area contributed by atoms with E-state index in [0.29, 0.717) is 5.41 Å². The molecule has 1 heterocycles. The van der Waals surface area contributed by atoms with Crippen molar-refractivity contribution in [1.82, 2.24) is 10.3 Å². The maximum Gasteiger partial charge on any atom is 0.0410 e. The molecule has 20 heavy (non-hydrogen) atoms. The highest BCUT2D eigenvalue weighted by atomic mass is 79.9. The van der Waals surface area contributed by atoms with Crippen molar-refractivity contribution in [2.75, 3.05) is 13.1 Å². The summed E-state index contributed by atoms with van der Waals surface area (Å²) in [6.45, 7) is 9.06. The van der Waals surface area contributed by atoms with Crippen LogP contribution in [0, 0.1) is 5.41 Å². The monoisotopic (exact) mass is 340 g/mol. The summed E-state index contributed by atoms with van der Waals surface area (Å²) in [6, 6.07) is 2.21. The van der Waals surface area contributed by atoms with E-state index < -0.39 is 0 Å². The lowest BCUT2D eigenvalue weighted by molar-refractivity contribution is 0.229. The molecule has 0 radical (unpaired) electrons. The molecule has 0 aromatic carbocycles. The second kappa shape index (κ2) is 9.51. The average molecular weight is 341 g/mol. The molecule has 0 amide bonds. The molecule has 1 unspecified atom stereocenters. The van der Waals surface area contributed by atoms with Gasteiger partial charge < -0.3 is 5.32 Å². The molecule has 1 atom stereocenters. The molecule has 0 spiro atoms. The van der Waals surface area contributed by atoms with Gasteiger partial charge in [0.15, 0.2) is 0 Å². The molecule has 1 N–H and O–H groups in total. The Morgan fingerprint density at radius 1 is 1.20 bits per heavy atom. The van der Waals surface area contributed by atoms with Gasteiger partial charge in [-0.15, -0.1) is 0 Å². The molecule has 0 aliphatic heterocycles. The number of nitrogens with zero attached hydrogens (tertiary/aromatic N) is 1. The predicted molar refractivity (Wildman–Crippen MR) is 91.1 cm³/mol. The first-order valence-corrected chi connectivity index (χ1v) is 8.75. The van der Waals surface area contributed by atoms with Gasteiger partial charge in [-0.25, -0.2) is 0 Å². The lowest BCUT2D eigenvalue weighted by atomic mass is 9.75. The van der Waals surface area contributed by atoms with Crippen LogP contribution in [-0.2, 0) is 6.42 Å². The fourth-order valence-corrected chi connectivity index (χ4v) is 3.15. The second-order valence-electron chi connectivity index (χ2n) is 5.82. The molecule has 0 aliphatic carbocycles. The van der Waals surface area contributed by atoms with Crippen LogP contribution in [0.3, 0.4) is 0 Å². The van der Waals surface area contributed by atoms with Gasteiger partial charge in [-0.3, -0.25) is 4.98 Å². The Morgan fingerprint density at radius 2 is 2.00 bits per heavy atom. The van der Waals surface area contributed by atoms with Crippen LogP contribution >= 0.6 is 15.9 Å². The van der Waals surface area contributed by atoms with Gasteiger partial charge in [-0.2, -0.15) is 0 Å². The van der Waals surface area contributed by atoms with E-state index in [1.807, 2.05) is 12.4 Å². The summed E-state index contributed by atoms with van der Waals surface area (Å²) in [6.07, 6.45) is 11.3. The lowest BCUT2D eigenvalue weighted by Gasteiger charge is -2.33. The van der Waals surface area contributed by atoms with E-state index in [2.05, 4.69) is 53.1 Å². The zero-order valence-corrected chi connectivity index (χ0v) is 14.8. The van der Waals surface area contributed by atoms with Gasteiger partial charge in [-0.1, -0.05) is 33.6 Å². The number of hydrogen-bond donors (Lipinski definition) is 1. The van der Waals surface area contributed by atoms with Crippen LogP contribution in [-0.4, -0.2) is 18.1 Å². The number of aromatic nitrogens is 1. The maximum atomic E-state index is 4.31. The number of nitrogens with one attached hydrogen (secondary N) is 1. The van der Waals surface area contributed by atoms with Crippen molar-refractivity contribution in [3.8, 4) is 0 Å². The number of unbranched alkanes of at least 4 members (excludes halogenated alkanes) is 1. The minimum atomic E-state index is 0.369. The highest BCUT2D eigenvalue weighted by Crippen LogP contribution is 2.33. The topological polar surface area (TPSA) is 24.9 Å². The van der Waals surface area contributed by atoms with Gasteiger partial charge in [0.2, 0.25) is 0 Å². The normalized spacial score (nSPS) is 14.2. The summed E-state index contributed by atoms with van der Waals surface area (Å²) in [5.74, 6) is 0. The van der Waals surface area contributed by atoms with E-state index in [1.165, 1.54) is 37.7 Å². The van der Waals surface area contributed by atoms with Gasteiger partial charge in [0.1, 0.15) is 0 Å². The largest absolute Gasteiger partial charge is 0.316 e. The van der Waals surface area contributed by atoms with Crippen LogP contribution in [0.1, 0.15) is 58.4 Å². The van der Waals surface area contributed by atoms with E-state index >= 15 is 0 Å². The van der Waals surface area contributed by atoms with Crippen molar-refractivity contribution in [2.24, 2.45) is 5.41 Å². The van der Waals surface area contributed by atoms with Crippen LogP contribution < -0.4 is 5.32 Å². The number of pyridine rings is 1. The molecule has 2 nitrogen and oxygen atoms in total. The Balaban J connectivity index is 2.78. The maximum absolute atomic E-state index is 4.31. The summed E-state index contributed by atoms with van der Waals surface area (Å²) < 4.78 is 1.08. The molecule has 0 aliphatic rings. The van der Waals surface area contributed by atoms with Crippen molar-refractivity contribution < 1.29 is 0 Å². The van der Waals surface area contributed by atoms with Crippen molar-refractivity contribution in [2.45, 2.75) is 59.3 Å². The van der Waals surface area contributed by atoms with Gasteiger partial charge in [-0.05, 0) is 65.2 Å². The molecule has 0 saturated carbocycles. The van der Waals surface area contributed by atoms with Gasteiger partial charge in [0.05, 0.1) is 0 Å². The number of halogens is 1. The van der Waals surface area contributed by atoms with Crippen LogP contribution in [0.2, 0.25) is 0 Å². The van der Waals surface area contributed by atoms with Crippen molar-refractivity contribution in [1.29, 1.82) is 0 Å². The fraction of sp³-hybridized carbons (Fsp3) is 0.706. The molecule has 0 saturated heterocycles. The Bertz CT molecular complexity index is 381. The zero-order valence-electron chi connectivity index (χ0n) is 13.2. The van der Waals surface area contributed by atoms with Crippen LogP contribution in [0.4, 0.5) is 0 Å². The molecule has 1 aromatic rings. The highest BCUT2D eigenvalue weighted by Gasteiger charge is 2.27. The Labute approximate surface area is 132 Å². The van der Waals surface area contributed by atoms with E-state index in [0.717, 1.165) is 24.0 Å². The van der Waals surface area contributed by atoms with Crippen molar-refractivity contribution >= 4 is 15.9 Å². The third-order valence-corrected chi connectivity index (χ3v) is 4.51. The minimum absolute atomic E-state index is 0.369. The third kappa shape index (κ3) is 5.92. The summed E-state index contributed by atoms with van der Waals surface area (Å²) in [7, 11) is 0. The molecule has 3 heteroatoms. The number of rotatable bonds is 10. The molecule has 114 valence electrons. The first kappa shape index (κ1) is 17.6. The molecule has 0 fully saturated rings. The fourth-order valence-electron chi connectivity index (χ4n) is 2.73. The molecule has 1 rings (SSSR count). The van der Waals surface area contributed by atoms with Crippen LogP contribution in [0.25, 0.3) is 0 Å². The first-order valence-electron chi connectivity index (χ1n) is 7.96. The predicted octanol–water partition coefficient (Wildman–Crippen LogP) is 4.97. The highest BCUT2D eigenvalue weighted by molar-refractivity contribution is 9.10. The summed E-state index contributed by atoms with van der Waals surface area (Å²) in [5.41, 5.74) is 1.71. The average Bonchev–Trinajstić information content (AvgIpc) is 2.45. The van der Waals surface area contributed by atoms with E-state index in [4.69, 9.17) is 0 Å². The summed E-state index contributed by atoms with van der Waals surface area (Å²) in [5, 5.41) is 3.64. The van der Waals surface area contributed by atoms with Crippen LogP contribution in [0.5, 0.6) is 0 Å². The van der Waals surface area contributed by atoms with E-state index in [1.54, 1.807) is 0 Å². The van der Waals surface area contributed by atoms with Gasteiger partial charge in [0, 0.05) is 23.4 Å².